The van der Waals surface area contributed by atoms with E-state index in [0.717, 1.165) is 28.7 Å². The number of nitrogens with two attached hydrogens (primary N) is 2. The molecule has 4 aliphatic rings. The van der Waals surface area contributed by atoms with Crippen molar-refractivity contribution >= 4 is 60.4 Å². The number of rotatable bonds is 8. The van der Waals surface area contributed by atoms with Gasteiger partial charge >= 0.3 is 6.01 Å². The van der Waals surface area contributed by atoms with Crippen LogP contribution in [-0.4, -0.2) is 78.3 Å². The van der Waals surface area contributed by atoms with Crippen LogP contribution in [0.5, 0.6) is 11.8 Å². The van der Waals surface area contributed by atoms with Crippen LogP contribution in [0.15, 0.2) is 12.1 Å². The summed E-state index contributed by atoms with van der Waals surface area (Å²) >= 11 is 7.75. The van der Waals surface area contributed by atoms with Gasteiger partial charge in [0.05, 0.1) is 44.3 Å². The molecule has 0 radical (unpaired) electrons. The molecule has 17 heteroatoms. The van der Waals surface area contributed by atoms with Crippen molar-refractivity contribution in [2.24, 2.45) is 5.41 Å². The number of benzene rings is 2. The summed E-state index contributed by atoms with van der Waals surface area (Å²) in [7, 11) is 0. The minimum Gasteiger partial charge on any atom is -0.489 e. The maximum atomic E-state index is 17.1. The summed E-state index contributed by atoms with van der Waals surface area (Å²) in [4.78, 5) is 11.8. The molecule has 0 bridgehead atoms. The monoisotopic (exact) mass is 730 g/mol. The normalized spacial score (nSPS) is 24.7. The van der Waals surface area contributed by atoms with Gasteiger partial charge in [-0.3, -0.25) is 4.90 Å². The second kappa shape index (κ2) is 11.5. The third kappa shape index (κ3) is 4.94. The van der Waals surface area contributed by atoms with E-state index in [0.29, 0.717) is 13.0 Å². The fourth-order valence-corrected chi connectivity index (χ4v) is 9.28. The molecule has 49 heavy (non-hydrogen) atoms. The van der Waals surface area contributed by atoms with Crippen molar-refractivity contribution in [1.29, 1.82) is 0 Å². The Balaban J connectivity index is 1.36. The molecule has 3 aliphatic heterocycles. The Bertz CT molecular complexity index is 2000. The fourth-order valence-electron chi connectivity index (χ4n) is 8.03. The molecule has 8 rings (SSSR count). The lowest BCUT2D eigenvalue weighted by Crippen LogP contribution is -2.50. The van der Waals surface area contributed by atoms with Crippen LogP contribution in [0.4, 0.5) is 47.2 Å². The number of thiophene rings is 1. The Labute approximate surface area is 284 Å². The highest BCUT2D eigenvalue weighted by atomic mass is 35.5. The molecule has 5 heterocycles. The first-order valence-electron chi connectivity index (χ1n) is 15.8. The van der Waals surface area contributed by atoms with Crippen LogP contribution in [0.3, 0.4) is 0 Å². The summed E-state index contributed by atoms with van der Waals surface area (Å²) in [6.45, 7) is -0.726. The molecule has 1 unspecified atom stereocenters. The van der Waals surface area contributed by atoms with E-state index in [9.17, 15) is 26.3 Å². The van der Waals surface area contributed by atoms with Crippen molar-refractivity contribution in [1.82, 2.24) is 14.9 Å². The third-order valence-corrected chi connectivity index (χ3v) is 12.0. The van der Waals surface area contributed by atoms with Gasteiger partial charge in [-0.15, -0.1) is 11.3 Å². The van der Waals surface area contributed by atoms with Crippen LogP contribution < -0.4 is 25.8 Å². The van der Waals surface area contributed by atoms with E-state index < -0.39 is 72.3 Å². The molecular weight excluding hydrogens is 701 g/mol. The average molecular weight is 731 g/mol. The van der Waals surface area contributed by atoms with Crippen LogP contribution in [0.25, 0.3) is 32.1 Å². The molecule has 1 saturated carbocycles. The average Bonchev–Trinajstić information content (AvgIpc) is 3.61. The van der Waals surface area contributed by atoms with Gasteiger partial charge in [0.1, 0.15) is 41.5 Å². The van der Waals surface area contributed by atoms with Crippen molar-refractivity contribution in [3.63, 3.8) is 0 Å². The van der Waals surface area contributed by atoms with Gasteiger partial charge in [0, 0.05) is 23.9 Å². The van der Waals surface area contributed by atoms with Gasteiger partial charge in [0.25, 0.3) is 6.43 Å². The molecule has 262 valence electrons. The molecule has 8 nitrogen and oxygen atoms in total. The van der Waals surface area contributed by atoms with E-state index in [1.807, 2.05) is 4.90 Å². The van der Waals surface area contributed by atoms with E-state index in [4.69, 9.17) is 32.5 Å². The van der Waals surface area contributed by atoms with Gasteiger partial charge < -0.3 is 25.8 Å². The molecule has 0 amide bonds. The van der Waals surface area contributed by atoms with Crippen LogP contribution in [0.2, 0.25) is 5.02 Å². The highest BCUT2D eigenvalue weighted by Gasteiger charge is 2.60. The number of anilines is 3. The minimum absolute atomic E-state index is 0.0110. The molecule has 3 atom stereocenters. The molecule has 2 aromatic carbocycles. The Morgan fingerprint density at radius 2 is 1.88 bits per heavy atom. The van der Waals surface area contributed by atoms with Gasteiger partial charge in [0.2, 0.25) is 6.43 Å². The lowest BCUT2D eigenvalue weighted by Gasteiger charge is -2.36. The smallest absolute Gasteiger partial charge is 0.319 e. The van der Waals surface area contributed by atoms with Gasteiger partial charge in [-0.1, -0.05) is 17.7 Å². The van der Waals surface area contributed by atoms with E-state index in [1.54, 1.807) is 0 Å². The largest absolute Gasteiger partial charge is 0.489 e. The van der Waals surface area contributed by atoms with Crippen molar-refractivity contribution < 1.29 is 40.2 Å². The zero-order valence-corrected chi connectivity index (χ0v) is 27.3. The zero-order valence-electron chi connectivity index (χ0n) is 25.7. The van der Waals surface area contributed by atoms with Crippen LogP contribution in [0.1, 0.15) is 32.1 Å². The number of aromatic nitrogens is 2. The maximum absolute atomic E-state index is 17.1. The molecule has 2 saturated heterocycles. The number of alkyl halides is 5. The first-order chi connectivity index (χ1) is 23.3. The first kappa shape index (κ1) is 32.7. The van der Waals surface area contributed by atoms with Crippen LogP contribution in [-0.2, 0) is 0 Å². The standard InChI is InChI=1S/C32H30ClF7N6O2S/c33-21-18(14-2-3-15(35)26-19(14)23(41)27(42)49-26)22(38)24-20-25(21)47-11-16(32(5-6-32)29(39)40)46(10-17(36)37)28(20)44-30(43-24)48-12-31-4-1-7-45(31)9-13(34)8-31/h2-3,13,16-17,29H,1,4-12,41-42H2/t13-,16?,31+/m1/s1. The Hall–Kier alpha value is -3.50. The van der Waals surface area contributed by atoms with Gasteiger partial charge in [-0.05, 0) is 43.9 Å². The molecule has 2 aromatic heterocycles. The van der Waals surface area contributed by atoms with Gasteiger partial charge in [-0.25, -0.2) is 30.7 Å². The fraction of sp³-hybridized carbons (Fsp3) is 0.500. The summed E-state index contributed by atoms with van der Waals surface area (Å²) in [6, 6.07) is 0.633. The molecule has 4 N–H and O–H groups in total. The van der Waals surface area contributed by atoms with E-state index in [-0.39, 0.29) is 86.3 Å². The SMILES string of the molecule is Nc1sc2c(F)ccc(-c3c(Cl)c4c5c(nc(OC[C@@]67CCCN6C[C@H](F)C7)nc5c3F)N(CC(F)F)C(C3(C(F)F)CC3)CO4)c2c1N. The third-order valence-electron chi connectivity index (χ3n) is 10.6. The summed E-state index contributed by atoms with van der Waals surface area (Å²) in [5, 5.41) is -0.388. The highest BCUT2D eigenvalue weighted by molar-refractivity contribution is 7.23. The molecule has 1 aliphatic carbocycles. The van der Waals surface area contributed by atoms with Gasteiger partial charge in [0.15, 0.2) is 11.6 Å². The second-order valence-corrected chi connectivity index (χ2v) is 14.8. The lowest BCUT2D eigenvalue weighted by molar-refractivity contribution is 0.0297. The number of nitrogen functional groups attached to an aromatic ring is 2. The van der Waals surface area contributed by atoms with E-state index >= 15 is 4.39 Å². The van der Waals surface area contributed by atoms with Crippen LogP contribution in [0, 0.1) is 17.0 Å². The van der Waals surface area contributed by atoms with Crippen molar-refractivity contribution in [2.75, 3.05) is 49.2 Å². The predicted molar refractivity (Wildman–Crippen MR) is 173 cm³/mol. The van der Waals surface area contributed by atoms with E-state index in [2.05, 4.69) is 9.97 Å². The summed E-state index contributed by atoms with van der Waals surface area (Å²) in [5.41, 5.74) is 9.16. The number of hydrogen-bond donors (Lipinski definition) is 2. The Morgan fingerprint density at radius 1 is 1.10 bits per heavy atom. The van der Waals surface area contributed by atoms with E-state index in [1.165, 1.54) is 6.07 Å². The summed E-state index contributed by atoms with van der Waals surface area (Å²) in [5.74, 6) is -2.25. The van der Waals surface area contributed by atoms with Crippen molar-refractivity contribution in [2.45, 2.75) is 62.7 Å². The maximum Gasteiger partial charge on any atom is 0.319 e. The van der Waals surface area contributed by atoms with Crippen molar-refractivity contribution in [3.05, 3.63) is 28.8 Å². The highest BCUT2D eigenvalue weighted by Crippen LogP contribution is 2.58. The first-order valence-corrected chi connectivity index (χ1v) is 17.0. The number of hydrogen-bond acceptors (Lipinski definition) is 9. The zero-order chi connectivity index (χ0) is 34.6. The number of halogens is 8. The molecule has 3 fully saturated rings. The van der Waals surface area contributed by atoms with Gasteiger partial charge in [-0.2, -0.15) is 9.97 Å². The Morgan fingerprint density at radius 3 is 2.59 bits per heavy atom. The second-order valence-electron chi connectivity index (χ2n) is 13.3. The van der Waals surface area contributed by atoms with Crippen molar-refractivity contribution in [3.8, 4) is 22.9 Å². The minimum atomic E-state index is -3.00. The number of ether oxygens (including phenoxy) is 2. The molecular formula is C32H30ClF7N6O2S. The lowest BCUT2D eigenvalue weighted by atomic mass is 9.95. The summed E-state index contributed by atoms with van der Waals surface area (Å²) < 4.78 is 116. The summed E-state index contributed by atoms with van der Waals surface area (Å²) in [6.07, 6.45) is -5.27. The molecule has 4 aromatic rings. The Kier molecular flexibility index (Phi) is 7.68. The number of fused-ring (bicyclic) bond motifs is 2. The molecule has 0 spiro atoms. The topological polar surface area (TPSA) is 103 Å². The predicted octanol–water partition coefficient (Wildman–Crippen LogP) is 7.44. The van der Waals surface area contributed by atoms with Crippen LogP contribution >= 0.6 is 22.9 Å². The quantitative estimate of drug-likeness (QED) is 0.181. The number of nitrogens with zero attached hydrogens (tertiary/aromatic N) is 4.